The number of amides is 1. The summed E-state index contributed by atoms with van der Waals surface area (Å²) in [5.41, 5.74) is 1.70. The van der Waals surface area contributed by atoms with E-state index in [1.54, 1.807) is 32.1 Å². The molecule has 0 fully saturated rings. The van der Waals surface area contributed by atoms with Crippen LogP contribution in [0.4, 0.5) is 0 Å². The van der Waals surface area contributed by atoms with Crippen molar-refractivity contribution in [1.82, 2.24) is 5.32 Å². The Labute approximate surface area is 163 Å². The third-order valence-corrected chi connectivity index (χ3v) is 4.26. The van der Waals surface area contributed by atoms with Gasteiger partial charge in [-0.15, -0.1) is 0 Å². The zero-order chi connectivity index (χ0) is 19.8. The molecule has 2 rings (SSSR count). The van der Waals surface area contributed by atoms with E-state index in [0.717, 1.165) is 11.1 Å². The van der Waals surface area contributed by atoms with Crippen LogP contribution in [-0.2, 0) is 16.2 Å². The molecule has 6 heteroatoms. The molecule has 27 heavy (non-hydrogen) atoms. The van der Waals surface area contributed by atoms with Crippen LogP contribution in [-0.4, -0.2) is 23.0 Å². The van der Waals surface area contributed by atoms with E-state index in [0.29, 0.717) is 17.4 Å². The van der Waals surface area contributed by atoms with E-state index in [-0.39, 0.29) is 5.92 Å². The van der Waals surface area contributed by atoms with Gasteiger partial charge in [0, 0.05) is 16.7 Å². The van der Waals surface area contributed by atoms with E-state index in [2.05, 4.69) is 5.32 Å². The third-order valence-electron chi connectivity index (χ3n) is 3.89. The highest BCUT2D eigenvalue weighted by Gasteiger charge is 2.22. The number of carboxylic acid groups (broad SMARTS) is 1. The Hall–Kier alpha value is -2.79. The number of aliphatic carboxylic acids is 1. The standard InChI is InChI=1S/C21H22ClNO4/c1-14(2)20(21(25)26)23-19(24)12-9-15-7-10-17(11-8-15)27-13-16-5-3-4-6-18(16)22/h3-12,14,20H,13H2,1-2H3,(H,23,24)(H,25,26)/b12-9+/t20-/m1/s1. The van der Waals surface area contributed by atoms with Crippen LogP contribution in [0.1, 0.15) is 25.0 Å². The fourth-order valence-electron chi connectivity index (χ4n) is 2.34. The quantitative estimate of drug-likeness (QED) is 0.667. The maximum atomic E-state index is 11.9. The minimum Gasteiger partial charge on any atom is -0.489 e. The molecule has 2 N–H and O–H groups in total. The van der Waals surface area contributed by atoms with Crippen molar-refractivity contribution in [3.05, 3.63) is 70.8 Å². The highest BCUT2D eigenvalue weighted by atomic mass is 35.5. The molecule has 5 nitrogen and oxygen atoms in total. The second kappa shape index (κ2) is 9.78. The monoisotopic (exact) mass is 387 g/mol. The number of hydrogen-bond acceptors (Lipinski definition) is 3. The van der Waals surface area contributed by atoms with Gasteiger partial charge in [0.25, 0.3) is 0 Å². The number of nitrogens with one attached hydrogen (secondary N) is 1. The minimum atomic E-state index is -1.05. The maximum absolute atomic E-state index is 11.9. The Balaban J connectivity index is 1.91. The van der Waals surface area contributed by atoms with Crippen molar-refractivity contribution >= 4 is 29.6 Å². The van der Waals surface area contributed by atoms with Crippen molar-refractivity contribution < 1.29 is 19.4 Å². The van der Waals surface area contributed by atoms with Gasteiger partial charge >= 0.3 is 5.97 Å². The lowest BCUT2D eigenvalue weighted by Gasteiger charge is -2.16. The first-order valence-corrected chi connectivity index (χ1v) is 8.92. The highest BCUT2D eigenvalue weighted by Crippen LogP contribution is 2.19. The van der Waals surface area contributed by atoms with Crippen molar-refractivity contribution in [2.75, 3.05) is 0 Å². The summed E-state index contributed by atoms with van der Waals surface area (Å²) in [5.74, 6) is -1.02. The summed E-state index contributed by atoms with van der Waals surface area (Å²) < 4.78 is 5.71. The van der Waals surface area contributed by atoms with Gasteiger partial charge in [0.15, 0.2) is 0 Å². The summed E-state index contributed by atoms with van der Waals surface area (Å²) >= 11 is 6.10. The normalized spacial score (nSPS) is 12.1. The Morgan fingerprint density at radius 1 is 1.15 bits per heavy atom. The fourth-order valence-corrected chi connectivity index (χ4v) is 2.53. The van der Waals surface area contributed by atoms with Crippen LogP contribution in [0.25, 0.3) is 6.08 Å². The lowest BCUT2D eigenvalue weighted by Crippen LogP contribution is -2.43. The Kier molecular flexibility index (Phi) is 7.44. The van der Waals surface area contributed by atoms with Crippen LogP contribution >= 0.6 is 11.6 Å². The van der Waals surface area contributed by atoms with Gasteiger partial charge in [-0.2, -0.15) is 0 Å². The number of hydrogen-bond donors (Lipinski definition) is 2. The summed E-state index contributed by atoms with van der Waals surface area (Å²) in [6.07, 6.45) is 2.93. The van der Waals surface area contributed by atoms with Crippen LogP contribution in [0.2, 0.25) is 5.02 Å². The molecule has 0 aromatic heterocycles. The molecule has 0 spiro atoms. The van der Waals surface area contributed by atoms with Gasteiger partial charge in [0.05, 0.1) is 0 Å². The Morgan fingerprint density at radius 2 is 1.81 bits per heavy atom. The lowest BCUT2D eigenvalue weighted by molar-refractivity contribution is -0.142. The number of carbonyl (C=O) groups is 2. The summed E-state index contributed by atoms with van der Waals surface area (Å²) in [6.45, 7) is 3.84. The second-order valence-electron chi connectivity index (χ2n) is 6.35. The van der Waals surface area contributed by atoms with Crippen LogP contribution in [0.3, 0.4) is 0 Å². The smallest absolute Gasteiger partial charge is 0.326 e. The van der Waals surface area contributed by atoms with Crippen LogP contribution < -0.4 is 10.1 Å². The summed E-state index contributed by atoms with van der Waals surface area (Å²) in [6, 6.07) is 13.8. The van der Waals surface area contributed by atoms with Gasteiger partial charge in [-0.1, -0.05) is 55.8 Å². The van der Waals surface area contributed by atoms with Crippen molar-refractivity contribution in [3.8, 4) is 5.75 Å². The molecule has 0 heterocycles. The van der Waals surface area contributed by atoms with Crippen molar-refractivity contribution in [3.63, 3.8) is 0 Å². The predicted molar refractivity (Wildman–Crippen MR) is 106 cm³/mol. The average molecular weight is 388 g/mol. The second-order valence-corrected chi connectivity index (χ2v) is 6.76. The molecule has 0 aliphatic heterocycles. The number of carbonyl (C=O) groups excluding carboxylic acids is 1. The molecule has 0 saturated heterocycles. The topological polar surface area (TPSA) is 75.6 Å². The zero-order valence-corrected chi connectivity index (χ0v) is 15.9. The molecule has 0 bridgehead atoms. The van der Waals surface area contributed by atoms with Gasteiger partial charge in [-0.3, -0.25) is 4.79 Å². The van der Waals surface area contributed by atoms with Crippen molar-refractivity contribution in [1.29, 1.82) is 0 Å². The molecule has 1 amide bonds. The van der Waals surface area contributed by atoms with E-state index in [9.17, 15) is 9.59 Å². The zero-order valence-electron chi connectivity index (χ0n) is 15.2. The Bertz CT molecular complexity index is 815. The maximum Gasteiger partial charge on any atom is 0.326 e. The number of rotatable bonds is 8. The highest BCUT2D eigenvalue weighted by molar-refractivity contribution is 6.31. The van der Waals surface area contributed by atoms with Crippen molar-refractivity contribution in [2.45, 2.75) is 26.5 Å². The number of halogens is 1. The molecule has 1 atom stereocenters. The van der Waals surface area contributed by atoms with Crippen LogP contribution in [0, 0.1) is 5.92 Å². The van der Waals surface area contributed by atoms with E-state index in [4.69, 9.17) is 21.4 Å². The SMILES string of the molecule is CC(C)[C@@H](NC(=O)/C=C/c1ccc(OCc2ccccc2Cl)cc1)C(=O)O. The summed E-state index contributed by atoms with van der Waals surface area (Å²) in [5, 5.41) is 12.2. The summed E-state index contributed by atoms with van der Waals surface area (Å²) in [4.78, 5) is 23.0. The molecule has 0 aliphatic rings. The Morgan fingerprint density at radius 3 is 2.41 bits per heavy atom. The van der Waals surface area contributed by atoms with E-state index >= 15 is 0 Å². The van der Waals surface area contributed by atoms with E-state index in [1.165, 1.54) is 6.08 Å². The molecule has 0 aliphatic carbocycles. The lowest BCUT2D eigenvalue weighted by atomic mass is 10.0. The number of carboxylic acids is 1. The molecule has 0 radical (unpaired) electrons. The summed E-state index contributed by atoms with van der Waals surface area (Å²) in [7, 11) is 0. The number of benzene rings is 2. The van der Waals surface area contributed by atoms with Crippen LogP contribution in [0.15, 0.2) is 54.6 Å². The van der Waals surface area contributed by atoms with Gasteiger partial charge in [0.1, 0.15) is 18.4 Å². The first-order valence-electron chi connectivity index (χ1n) is 8.54. The molecule has 2 aromatic rings. The minimum absolute atomic E-state index is 0.200. The van der Waals surface area contributed by atoms with Crippen LogP contribution in [0.5, 0.6) is 5.75 Å². The van der Waals surface area contributed by atoms with Gasteiger partial charge in [-0.05, 0) is 35.8 Å². The van der Waals surface area contributed by atoms with Gasteiger partial charge in [-0.25, -0.2) is 4.79 Å². The predicted octanol–water partition coefficient (Wildman–Crippen LogP) is 4.16. The third kappa shape index (κ3) is 6.46. The molecular formula is C21H22ClNO4. The van der Waals surface area contributed by atoms with E-state index < -0.39 is 17.9 Å². The number of ether oxygens (including phenoxy) is 1. The van der Waals surface area contributed by atoms with Crippen molar-refractivity contribution in [2.24, 2.45) is 5.92 Å². The molecule has 2 aromatic carbocycles. The first-order chi connectivity index (χ1) is 12.9. The fraction of sp³-hybridized carbons (Fsp3) is 0.238. The molecule has 0 unspecified atom stereocenters. The first kappa shape index (κ1) is 20.5. The largest absolute Gasteiger partial charge is 0.489 e. The van der Waals surface area contributed by atoms with Gasteiger partial charge < -0.3 is 15.2 Å². The van der Waals surface area contributed by atoms with E-state index in [1.807, 2.05) is 36.4 Å². The molecule has 0 saturated carbocycles. The molecule has 142 valence electrons. The average Bonchev–Trinajstić information content (AvgIpc) is 2.64. The molecular weight excluding hydrogens is 366 g/mol. The van der Waals surface area contributed by atoms with Gasteiger partial charge in [0.2, 0.25) is 5.91 Å².